The van der Waals surface area contributed by atoms with Gasteiger partial charge in [-0.1, -0.05) is 50.2 Å². The van der Waals surface area contributed by atoms with Crippen LogP contribution in [0.15, 0.2) is 42.5 Å². The van der Waals surface area contributed by atoms with E-state index in [4.69, 9.17) is 4.74 Å². The van der Waals surface area contributed by atoms with Gasteiger partial charge in [0, 0.05) is 6.42 Å². The Morgan fingerprint density at radius 1 is 1.05 bits per heavy atom. The summed E-state index contributed by atoms with van der Waals surface area (Å²) < 4.78 is 5.85. The molecule has 1 nitrogen and oxygen atoms in total. The molecule has 0 spiro atoms. The quantitative estimate of drug-likeness (QED) is 0.769. The monoisotopic (exact) mass is 266 g/mol. The zero-order chi connectivity index (χ0) is 14.1. The average molecular weight is 266 g/mol. The van der Waals surface area contributed by atoms with Gasteiger partial charge in [0.25, 0.3) is 0 Å². The van der Waals surface area contributed by atoms with Crippen molar-refractivity contribution >= 4 is 0 Å². The van der Waals surface area contributed by atoms with Gasteiger partial charge in [0.05, 0.1) is 0 Å². The van der Waals surface area contributed by atoms with Crippen molar-refractivity contribution in [2.75, 3.05) is 0 Å². The van der Waals surface area contributed by atoms with Crippen LogP contribution in [0.25, 0.3) is 11.1 Å². The van der Waals surface area contributed by atoms with Crippen LogP contribution in [0.1, 0.15) is 31.9 Å². The Morgan fingerprint density at radius 3 is 2.45 bits per heavy atom. The van der Waals surface area contributed by atoms with E-state index in [0.29, 0.717) is 12.0 Å². The van der Waals surface area contributed by atoms with Crippen LogP contribution < -0.4 is 4.74 Å². The normalized spacial score (nSPS) is 17.1. The van der Waals surface area contributed by atoms with E-state index >= 15 is 0 Å². The fraction of sp³-hybridized carbons (Fsp3) is 0.368. The summed E-state index contributed by atoms with van der Waals surface area (Å²) in [4.78, 5) is 0. The molecule has 0 saturated carbocycles. The third-order valence-electron chi connectivity index (χ3n) is 3.83. The van der Waals surface area contributed by atoms with E-state index < -0.39 is 0 Å². The van der Waals surface area contributed by atoms with Gasteiger partial charge in [0.1, 0.15) is 11.9 Å². The van der Waals surface area contributed by atoms with Crippen molar-refractivity contribution in [3.63, 3.8) is 0 Å². The van der Waals surface area contributed by atoms with Gasteiger partial charge in [-0.05, 0) is 47.6 Å². The van der Waals surface area contributed by atoms with Crippen LogP contribution in [0.2, 0.25) is 0 Å². The standard InChI is InChI=1S/C19H22O/c1-13(2)10-15-4-6-16(7-5-15)17-8-9-18-11-14(3)20-19(18)12-17/h4-9,12-14H,10-11H2,1-3H3. The zero-order valence-electron chi connectivity index (χ0n) is 12.5. The molecule has 1 aliphatic heterocycles. The highest BCUT2D eigenvalue weighted by molar-refractivity contribution is 5.66. The lowest BCUT2D eigenvalue weighted by atomic mass is 9.98. The van der Waals surface area contributed by atoms with Gasteiger partial charge in [0.15, 0.2) is 0 Å². The molecule has 3 rings (SSSR count). The van der Waals surface area contributed by atoms with Gasteiger partial charge in [-0.25, -0.2) is 0 Å². The Balaban J connectivity index is 1.85. The van der Waals surface area contributed by atoms with E-state index in [1.54, 1.807) is 0 Å². The predicted molar refractivity (Wildman–Crippen MR) is 84.2 cm³/mol. The summed E-state index contributed by atoms with van der Waals surface area (Å²) in [5.74, 6) is 1.76. The Labute approximate surface area is 121 Å². The summed E-state index contributed by atoms with van der Waals surface area (Å²) in [5, 5.41) is 0. The van der Waals surface area contributed by atoms with Crippen molar-refractivity contribution in [3.8, 4) is 16.9 Å². The lowest BCUT2D eigenvalue weighted by Gasteiger charge is -2.08. The minimum absolute atomic E-state index is 0.314. The third kappa shape index (κ3) is 2.72. The lowest BCUT2D eigenvalue weighted by Crippen LogP contribution is -2.05. The van der Waals surface area contributed by atoms with Crippen molar-refractivity contribution in [1.82, 2.24) is 0 Å². The molecule has 2 aromatic rings. The van der Waals surface area contributed by atoms with Crippen LogP contribution in [0.3, 0.4) is 0 Å². The summed E-state index contributed by atoms with van der Waals surface area (Å²) >= 11 is 0. The second kappa shape index (κ2) is 5.32. The largest absolute Gasteiger partial charge is 0.490 e. The smallest absolute Gasteiger partial charge is 0.123 e. The molecular formula is C19H22O. The summed E-state index contributed by atoms with van der Waals surface area (Å²) in [5.41, 5.74) is 5.25. The predicted octanol–water partition coefficient (Wildman–Crippen LogP) is 4.88. The van der Waals surface area contributed by atoms with Crippen molar-refractivity contribution in [3.05, 3.63) is 53.6 Å². The maximum absolute atomic E-state index is 5.85. The van der Waals surface area contributed by atoms with Gasteiger partial charge < -0.3 is 4.74 Å². The van der Waals surface area contributed by atoms with Gasteiger partial charge >= 0.3 is 0 Å². The van der Waals surface area contributed by atoms with Crippen molar-refractivity contribution in [2.45, 2.75) is 39.7 Å². The second-order valence-electron chi connectivity index (χ2n) is 6.25. The van der Waals surface area contributed by atoms with E-state index in [-0.39, 0.29) is 0 Å². The highest BCUT2D eigenvalue weighted by Gasteiger charge is 2.19. The van der Waals surface area contributed by atoms with E-state index in [1.807, 2.05) is 0 Å². The van der Waals surface area contributed by atoms with Crippen LogP contribution >= 0.6 is 0 Å². The second-order valence-corrected chi connectivity index (χ2v) is 6.25. The first-order valence-corrected chi connectivity index (χ1v) is 7.50. The molecule has 0 radical (unpaired) electrons. The fourth-order valence-corrected chi connectivity index (χ4v) is 2.89. The zero-order valence-corrected chi connectivity index (χ0v) is 12.5. The third-order valence-corrected chi connectivity index (χ3v) is 3.83. The molecule has 0 aliphatic carbocycles. The molecule has 0 amide bonds. The molecule has 1 atom stereocenters. The van der Waals surface area contributed by atoms with Crippen molar-refractivity contribution in [2.24, 2.45) is 5.92 Å². The highest BCUT2D eigenvalue weighted by Crippen LogP contribution is 2.33. The van der Waals surface area contributed by atoms with E-state index in [0.717, 1.165) is 18.6 Å². The fourth-order valence-electron chi connectivity index (χ4n) is 2.89. The van der Waals surface area contributed by atoms with E-state index in [9.17, 15) is 0 Å². The minimum atomic E-state index is 0.314. The van der Waals surface area contributed by atoms with E-state index in [2.05, 4.69) is 63.2 Å². The molecule has 1 unspecified atom stereocenters. The molecule has 0 aromatic heterocycles. The number of hydrogen-bond acceptors (Lipinski definition) is 1. The molecule has 1 aliphatic rings. The summed E-state index contributed by atoms with van der Waals surface area (Å²) in [6.07, 6.45) is 2.49. The highest BCUT2D eigenvalue weighted by atomic mass is 16.5. The topological polar surface area (TPSA) is 9.23 Å². The molecular weight excluding hydrogens is 244 g/mol. The van der Waals surface area contributed by atoms with E-state index in [1.165, 1.54) is 22.3 Å². The molecule has 1 heterocycles. The number of rotatable bonds is 3. The molecule has 0 saturated heterocycles. The lowest BCUT2D eigenvalue weighted by molar-refractivity contribution is 0.255. The van der Waals surface area contributed by atoms with Gasteiger partial charge in [-0.3, -0.25) is 0 Å². The maximum atomic E-state index is 5.85. The first kappa shape index (κ1) is 13.2. The van der Waals surface area contributed by atoms with Crippen LogP contribution in [-0.4, -0.2) is 6.10 Å². The molecule has 2 aromatic carbocycles. The first-order chi connectivity index (χ1) is 9.61. The number of hydrogen-bond donors (Lipinski definition) is 0. The number of ether oxygens (including phenoxy) is 1. The Kier molecular flexibility index (Phi) is 3.52. The summed E-state index contributed by atoms with van der Waals surface area (Å²) in [7, 11) is 0. The van der Waals surface area contributed by atoms with Crippen LogP contribution in [0.5, 0.6) is 5.75 Å². The van der Waals surface area contributed by atoms with Gasteiger partial charge in [-0.15, -0.1) is 0 Å². The van der Waals surface area contributed by atoms with Crippen molar-refractivity contribution < 1.29 is 4.74 Å². The van der Waals surface area contributed by atoms with Crippen LogP contribution in [0.4, 0.5) is 0 Å². The van der Waals surface area contributed by atoms with Gasteiger partial charge in [-0.2, -0.15) is 0 Å². The Bertz CT molecular complexity index is 596. The molecule has 0 N–H and O–H groups in total. The molecule has 20 heavy (non-hydrogen) atoms. The number of benzene rings is 2. The molecule has 1 heteroatoms. The van der Waals surface area contributed by atoms with Crippen LogP contribution in [-0.2, 0) is 12.8 Å². The maximum Gasteiger partial charge on any atom is 0.123 e. The molecule has 104 valence electrons. The SMILES string of the molecule is CC(C)Cc1ccc(-c2ccc3c(c2)OC(C)C3)cc1. The average Bonchev–Trinajstić information content (AvgIpc) is 2.78. The van der Waals surface area contributed by atoms with Gasteiger partial charge in [0.2, 0.25) is 0 Å². The van der Waals surface area contributed by atoms with Crippen LogP contribution in [0, 0.1) is 5.92 Å². The minimum Gasteiger partial charge on any atom is -0.490 e. The summed E-state index contributed by atoms with van der Waals surface area (Å²) in [6, 6.07) is 15.5. The Hall–Kier alpha value is -1.76. The van der Waals surface area contributed by atoms with Crippen molar-refractivity contribution in [1.29, 1.82) is 0 Å². The number of fused-ring (bicyclic) bond motifs is 1. The Morgan fingerprint density at radius 2 is 1.75 bits per heavy atom. The molecule has 0 bridgehead atoms. The summed E-state index contributed by atoms with van der Waals surface area (Å²) in [6.45, 7) is 6.64. The first-order valence-electron chi connectivity index (χ1n) is 7.50. The molecule has 0 fully saturated rings.